The van der Waals surface area contributed by atoms with Gasteiger partial charge in [-0.05, 0) is 27.2 Å². The molecule has 122 valence electrons. The summed E-state index contributed by atoms with van der Waals surface area (Å²) in [5, 5.41) is 9.64. The van der Waals surface area contributed by atoms with Crippen LogP contribution in [0.5, 0.6) is 0 Å². The van der Waals surface area contributed by atoms with E-state index in [4.69, 9.17) is 9.47 Å². The number of hydrogen-bond acceptors (Lipinski definition) is 4. The van der Waals surface area contributed by atoms with Crippen molar-refractivity contribution in [1.82, 2.24) is 4.90 Å². The predicted octanol–water partition coefficient (Wildman–Crippen LogP) is 2.86. The Morgan fingerprint density at radius 2 is 1.81 bits per heavy atom. The number of amides is 1. The van der Waals surface area contributed by atoms with E-state index < -0.39 is 34.8 Å². The standard InChI is InChI=1S/C15H27NO5/c1-8-15(11(17)18)9-20-10(13(2,3)4)16(15)12(19)21-14(5,6)7/h10H,8-9H2,1-7H3,(H,17,18). The van der Waals surface area contributed by atoms with Gasteiger partial charge in [0.15, 0.2) is 5.54 Å². The number of carboxylic acid groups (broad SMARTS) is 1. The summed E-state index contributed by atoms with van der Waals surface area (Å²) in [6, 6.07) is 0. The van der Waals surface area contributed by atoms with Gasteiger partial charge in [-0.1, -0.05) is 27.7 Å². The average molecular weight is 301 g/mol. The lowest BCUT2D eigenvalue weighted by Crippen LogP contribution is -2.59. The zero-order valence-corrected chi connectivity index (χ0v) is 14.0. The molecule has 1 rings (SSSR count). The fourth-order valence-electron chi connectivity index (χ4n) is 2.39. The normalized spacial score (nSPS) is 26.8. The fourth-order valence-corrected chi connectivity index (χ4v) is 2.39. The smallest absolute Gasteiger partial charge is 0.413 e. The van der Waals surface area contributed by atoms with Crippen LogP contribution in [0, 0.1) is 5.41 Å². The van der Waals surface area contributed by atoms with Crippen molar-refractivity contribution in [3.8, 4) is 0 Å². The van der Waals surface area contributed by atoms with Gasteiger partial charge in [0.2, 0.25) is 0 Å². The van der Waals surface area contributed by atoms with Crippen molar-refractivity contribution in [2.24, 2.45) is 5.41 Å². The van der Waals surface area contributed by atoms with Crippen LogP contribution in [0.1, 0.15) is 54.9 Å². The molecule has 0 spiro atoms. The average Bonchev–Trinajstić information content (AvgIpc) is 2.66. The third-order valence-electron chi connectivity index (χ3n) is 3.49. The van der Waals surface area contributed by atoms with Gasteiger partial charge in [0.1, 0.15) is 11.8 Å². The van der Waals surface area contributed by atoms with Gasteiger partial charge in [0.25, 0.3) is 0 Å². The minimum atomic E-state index is -1.37. The maximum Gasteiger partial charge on any atom is 0.413 e. The summed E-state index contributed by atoms with van der Waals surface area (Å²) < 4.78 is 11.1. The van der Waals surface area contributed by atoms with Gasteiger partial charge in [-0.25, -0.2) is 9.59 Å². The van der Waals surface area contributed by atoms with Crippen LogP contribution >= 0.6 is 0 Å². The second-order valence-electron chi connectivity index (χ2n) is 7.57. The van der Waals surface area contributed by atoms with Crippen LogP contribution in [0.3, 0.4) is 0 Å². The van der Waals surface area contributed by atoms with E-state index >= 15 is 0 Å². The van der Waals surface area contributed by atoms with Crippen molar-refractivity contribution in [2.45, 2.75) is 72.3 Å². The van der Waals surface area contributed by atoms with Crippen LogP contribution in [-0.2, 0) is 14.3 Å². The molecule has 6 heteroatoms. The summed E-state index contributed by atoms with van der Waals surface area (Å²) in [5.41, 5.74) is -2.48. The number of carbonyl (C=O) groups excluding carboxylic acids is 1. The van der Waals surface area contributed by atoms with Crippen LogP contribution < -0.4 is 0 Å². The molecule has 0 aromatic carbocycles. The summed E-state index contributed by atoms with van der Waals surface area (Å²) in [5.74, 6) is -1.07. The molecule has 1 N–H and O–H groups in total. The lowest BCUT2D eigenvalue weighted by atomic mass is 9.90. The van der Waals surface area contributed by atoms with E-state index in [2.05, 4.69) is 0 Å². The Bertz CT molecular complexity index is 421. The number of ether oxygens (including phenoxy) is 2. The minimum Gasteiger partial charge on any atom is -0.479 e. The number of aliphatic carboxylic acids is 1. The first-order valence-corrected chi connectivity index (χ1v) is 7.22. The molecule has 0 radical (unpaired) electrons. The first-order valence-electron chi connectivity index (χ1n) is 7.22. The minimum absolute atomic E-state index is 0.0278. The van der Waals surface area contributed by atoms with Crippen LogP contribution in [0.4, 0.5) is 4.79 Å². The predicted molar refractivity (Wildman–Crippen MR) is 77.9 cm³/mol. The highest BCUT2D eigenvalue weighted by atomic mass is 16.6. The molecule has 1 heterocycles. The van der Waals surface area contributed by atoms with Gasteiger partial charge in [-0.3, -0.25) is 4.90 Å². The van der Waals surface area contributed by atoms with Crippen molar-refractivity contribution < 1.29 is 24.2 Å². The Labute approximate surface area is 126 Å². The van der Waals surface area contributed by atoms with Crippen molar-refractivity contribution in [3.05, 3.63) is 0 Å². The Kier molecular flexibility index (Phi) is 4.63. The van der Waals surface area contributed by atoms with E-state index in [1.54, 1.807) is 27.7 Å². The first-order chi connectivity index (χ1) is 9.35. The molecule has 2 atom stereocenters. The lowest BCUT2D eigenvalue weighted by Gasteiger charge is -2.40. The Morgan fingerprint density at radius 3 is 2.14 bits per heavy atom. The summed E-state index contributed by atoms with van der Waals surface area (Å²) in [4.78, 5) is 25.6. The molecule has 0 aromatic heterocycles. The van der Waals surface area contributed by atoms with Crippen LogP contribution in [0.15, 0.2) is 0 Å². The molecule has 6 nitrogen and oxygen atoms in total. The van der Waals surface area contributed by atoms with Crippen molar-refractivity contribution in [2.75, 3.05) is 6.61 Å². The molecular weight excluding hydrogens is 274 g/mol. The molecule has 0 saturated carbocycles. The highest BCUT2D eigenvalue weighted by Gasteiger charge is 2.58. The summed E-state index contributed by atoms with van der Waals surface area (Å²) >= 11 is 0. The van der Waals surface area contributed by atoms with Crippen LogP contribution in [-0.4, -0.2) is 46.0 Å². The van der Waals surface area contributed by atoms with E-state index in [0.29, 0.717) is 0 Å². The molecule has 1 aliphatic heterocycles. The molecule has 1 fully saturated rings. The second kappa shape index (κ2) is 5.48. The fraction of sp³-hybridized carbons (Fsp3) is 0.867. The highest BCUT2D eigenvalue weighted by Crippen LogP contribution is 2.40. The third kappa shape index (κ3) is 3.48. The van der Waals surface area contributed by atoms with E-state index in [9.17, 15) is 14.7 Å². The van der Waals surface area contributed by atoms with Crippen molar-refractivity contribution in [3.63, 3.8) is 0 Å². The Morgan fingerprint density at radius 1 is 1.29 bits per heavy atom. The maximum absolute atomic E-state index is 12.6. The summed E-state index contributed by atoms with van der Waals surface area (Å²) in [6.07, 6.45) is -1.03. The van der Waals surface area contributed by atoms with Gasteiger partial charge >= 0.3 is 12.1 Å². The SMILES string of the molecule is CCC1(C(=O)O)COC(C(C)(C)C)N1C(=O)OC(C)(C)C. The van der Waals surface area contributed by atoms with Gasteiger partial charge in [0, 0.05) is 5.41 Å². The summed E-state index contributed by atoms with van der Waals surface area (Å²) in [6.45, 7) is 12.7. The van der Waals surface area contributed by atoms with E-state index in [-0.39, 0.29) is 13.0 Å². The van der Waals surface area contributed by atoms with Gasteiger partial charge in [0.05, 0.1) is 6.61 Å². The molecule has 21 heavy (non-hydrogen) atoms. The quantitative estimate of drug-likeness (QED) is 0.848. The molecule has 2 unspecified atom stereocenters. The zero-order valence-electron chi connectivity index (χ0n) is 14.0. The van der Waals surface area contributed by atoms with Crippen LogP contribution in [0.2, 0.25) is 0 Å². The molecule has 0 aromatic rings. The van der Waals surface area contributed by atoms with Gasteiger partial charge in [-0.2, -0.15) is 0 Å². The van der Waals surface area contributed by atoms with E-state index in [1.165, 1.54) is 4.90 Å². The van der Waals surface area contributed by atoms with Gasteiger partial charge in [-0.15, -0.1) is 0 Å². The largest absolute Gasteiger partial charge is 0.479 e. The van der Waals surface area contributed by atoms with Crippen LogP contribution in [0.25, 0.3) is 0 Å². The molecule has 0 bridgehead atoms. The maximum atomic E-state index is 12.6. The zero-order chi connectivity index (χ0) is 16.6. The number of hydrogen-bond donors (Lipinski definition) is 1. The van der Waals surface area contributed by atoms with E-state index in [1.807, 2.05) is 20.8 Å². The molecular formula is C15H27NO5. The Balaban J connectivity index is 3.25. The number of rotatable bonds is 2. The highest BCUT2D eigenvalue weighted by molar-refractivity contribution is 5.85. The summed E-state index contributed by atoms with van der Waals surface area (Å²) in [7, 11) is 0. The van der Waals surface area contributed by atoms with Crippen molar-refractivity contribution in [1.29, 1.82) is 0 Å². The third-order valence-corrected chi connectivity index (χ3v) is 3.49. The number of carboxylic acids is 1. The number of carbonyl (C=O) groups is 2. The first kappa shape index (κ1) is 17.8. The van der Waals surface area contributed by atoms with E-state index in [0.717, 1.165) is 0 Å². The second-order valence-corrected chi connectivity index (χ2v) is 7.57. The Hall–Kier alpha value is -1.30. The number of nitrogens with zero attached hydrogens (tertiary/aromatic N) is 1. The topological polar surface area (TPSA) is 76.1 Å². The van der Waals surface area contributed by atoms with Gasteiger partial charge < -0.3 is 14.6 Å². The molecule has 1 saturated heterocycles. The molecule has 1 aliphatic rings. The molecule has 0 aliphatic carbocycles. The lowest BCUT2D eigenvalue weighted by molar-refractivity contribution is -0.150. The molecule has 1 amide bonds. The monoisotopic (exact) mass is 301 g/mol. The van der Waals surface area contributed by atoms with Crippen molar-refractivity contribution >= 4 is 12.1 Å².